The van der Waals surface area contributed by atoms with Crippen molar-refractivity contribution in [2.45, 2.75) is 26.4 Å². The van der Waals surface area contributed by atoms with Crippen molar-refractivity contribution in [3.05, 3.63) is 40.9 Å². The first-order valence-electron chi connectivity index (χ1n) is 7.89. The Morgan fingerprint density at radius 1 is 1.42 bits per heavy atom. The van der Waals surface area contributed by atoms with Crippen LogP contribution in [0.4, 0.5) is 4.79 Å². The Kier molecular flexibility index (Phi) is 5.06. The van der Waals surface area contributed by atoms with Gasteiger partial charge in [-0.2, -0.15) is 0 Å². The van der Waals surface area contributed by atoms with Gasteiger partial charge in [0, 0.05) is 17.1 Å². The van der Waals surface area contributed by atoms with E-state index in [2.05, 4.69) is 10.3 Å². The highest BCUT2D eigenvalue weighted by molar-refractivity contribution is 6.30. The van der Waals surface area contributed by atoms with E-state index < -0.39 is 0 Å². The Balaban J connectivity index is 1.65. The van der Waals surface area contributed by atoms with E-state index in [4.69, 9.17) is 20.8 Å². The highest BCUT2D eigenvalue weighted by atomic mass is 35.5. The number of amides is 2. The summed E-state index contributed by atoms with van der Waals surface area (Å²) in [6.07, 6.45) is 0. The van der Waals surface area contributed by atoms with Crippen LogP contribution in [0.15, 0.2) is 28.7 Å². The maximum atomic E-state index is 12.3. The van der Waals surface area contributed by atoms with Gasteiger partial charge in [-0.05, 0) is 38.1 Å². The molecule has 0 unspecified atom stereocenters. The molecule has 1 aliphatic heterocycles. The SMILES string of the molecule is Cc1nc(CNC(=O)N2CCOC[C@H]2C)oc1-c1ccc(Cl)cc1. The number of carbonyl (C=O) groups excluding carboxylic acids is 1. The average Bonchev–Trinajstić information content (AvgIpc) is 2.95. The summed E-state index contributed by atoms with van der Waals surface area (Å²) in [6.45, 7) is 5.81. The van der Waals surface area contributed by atoms with Crippen molar-refractivity contribution in [3.8, 4) is 11.3 Å². The molecule has 1 atom stereocenters. The number of hydrogen-bond acceptors (Lipinski definition) is 4. The van der Waals surface area contributed by atoms with Crippen molar-refractivity contribution in [2.24, 2.45) is 0 Å². The Bertz CT molecular complexity index is 714. The maximum Gasteiger partial charge on any atom is 0.318 e. The number of aryl methyl sites for hydroxylation is 1. The number of rotatable bonds is 3. The molecule has 1 fully saturated rings. The molecular weight excluding hydrogens is 330 g/mol. The Morgan fingerprint density at radius 2 is 2.17 bits per heavy atom. The predicted octanol–water partition coefficient (Wildman–Crippen LogP) is 3.23. The topological polar surface area (TPSA) is 67.6 Å². The van der Waals surface area contributed by atoms with Crippen LogP contribution in [0.5, 0.6) is 0 Å². The van der Waals surface area contributed by atoms with E-state index in [1.54, 1.807) is 17.0 Å². The Morgan fingerprint density at radius 3 is 2.88 bits per heavy atom. The van der Waals surface area contributed by atoms with Gasteiger partial charge in [0.2, 0.25) is 5.89 Å². The maximum absolute atomic E-state index is 12.3. The van der Waals surface area contributed by atoms with Crippen LogP contribution < -0.4 is 5.32 Å². The van der Waals surface area contributed by atoms with E-state index in [0.29, 0.717) is 36.4 Å². The van der Waals surface area contributed by atoms with Crippen LogP contribution in [-0.4, -0.2) is 41.7 Å². The molecule has 1 N–H and O–H groups in total. The van der Waals surface area contributed by atoms with Gasteiger partial charge in [0.15, 0.2) is 5.76 Å². The van der Waals surface area contributed by atoms with Gasteiger partial charge < -0.3 is 19.4 Å². The van der Waals surface area contributed by atoms with Crippen LogP contribution in [0.1, 0.15) is 18.5 Å². The number of aromatic nitrogens is 1. The lowest BCUT2D eigenvalue weighted by Gasteiger charge is -2.33. The molecule has 2 amide bonds. The molecule has 0 aliphatic carbocycles. The molecule has 0 bridgehead atoms. The van der Waals surface area contributed by atoms with Crippen molar-refractivity contribution < 1.29 is 13.9 Å². The number of ether oxygens (including phenoxy) is 1. The van der Waals surface area contributed by atoms with Crippen molar-refractivity contribution in [1.29, 1.82) is 0 Å². The van der Waals surface area contributed by atoms with E-state index in [0.717, 1.165) is 11.3 Å². The van der Waals surface area contributed by atoms with E-state index in [9.17, 15) is 4.79 Å². The van der Waals surface area contributed by atoms with Crippen molar-refractivity contribution in [1.82, 2.24) is 15.2 Å². The summed E-state index contributed by atoms with van der Waals surface area (Å²) in [5.41, 5.74) is 1.69. The van der Waals surface area contributed by atoms with E-state index in [1.165, 1.54) is 0 Å². The van der Waals surface area contributed by atoms with Crippen LogP contribution in [0, 0.1) is 6.92 Å². The number of halogens is 1. The molecule has 1 aromatic heterocycles. The molecule has 0 spiro atoms. The zero-order valence-corrected chi connectivity index (χ0v) is 14.5. The predicted molar refractivity (Wildman–Crippen MR) is 90.9 cm³/mol. The fourth-order valence-corrected chi connectivity index (χ4v) is 2.80. The molecule has 0 saturated carbocycles. The first kappa shape index (κ1) is 16.8. The van der Waals surface area contributed by atoms with Gasteiger partial charge in [0.25, 0.3) is 0 Å². The summed E-state index contributed by atoms with van der Waals surface area (Å²) in [7, 11) is 0. The second kappa shape index (κ2) is 7.23. The van der Waals surface area contributed by atoms with Crippen LogP contribution >= 0.6 is 11.6 Å². The number of oxazole rings is 1. The van der Waals surface area contributed by atoms with E-state index >= 15 is 0 Å². The highest BCUT2D eigenvalue weighted by Crippen LogP contribution is 2.25. The van der Waals surface area contributed by atoms with Gasteiger partial charge in [0.05, 0.1) is 31.5 Å². The molecule has 1 aliphatic rings. The molecule has 1 saturated heterocycles. The van der Waals surface area contributed by atoms with Gasteiger partial charge in [-0.1, -0.05) is 11.6 Å². The number of nitrogens with one attached hydrogen (secondary N) is 1. The second-order valence-electron chi connectivity index (χ2n) is 5.81. The third-order valence-electron chi connectivity index (χ3n) is 3.97. The van der Waals surface area contributed by atoms with E-state index in [1.807, 2.05) is 26.0 Å². The summed E-state index contributed by atoms with van der Waals surface area (Å²) in [5.74, 6) is 1.17. The minimum atomic E-state index is -0.130. The molecule has 24 heavy (non-hydrogen) atoms. The summed E-state index contributed by atoms with van der Waals surface area (Å²) in [4.78, 5) is 18.4. The zero-order chi connectivity index (χ0) is 17.1. The quantitative estimate of drug-likeness (QED) is 0.923. The van der Waals surface area contributed by atoms with Gasteiger partial charge in [-0.15, -0.1) is 0 Å². The third-order valence-corrected chi connectivity index (χ3v) is 4.22. The number of urea groups is 1. The van der Waals surface area contributed by atoms with Gasteiger partial charge >= 0.3 is 6.03 Å². The second-order valence-corrected chi connectivity index (χ2v) is 6.24. The van der Waals surface area contributed by atoms with Crippen LogP contribution in [0.25, 0.3) is 11.3 Å². The molecule has 2 heterocycles. The normalized spacial score (nSPS) is 17.8. The standard InChI is InChI=1S/C17H20ClN3O3/c1-11-10-23-8-7-21(11)17(22)19-9-15-20-12(2)16(24-15)13-3-5-14(18)6-4-13/h3-6,11H,7-10H2,1-2H3,(H,19,22)/t11-/m1/s1. The monoisotopic (exact) mass is 349 g/mol. The van der Waals surface area contributed by atoms with Crippen molar-refractivity contribution in [3.63, 3.8) is 0 Å². The summed E-state index contributed by atoms with van der Waals surface area (Å²) >= 11 is 5.91. The van der Waals surface area contributed by atoms with Gasteiger partial charge in [0.1, 0.15) is 0 Å². The number of benzene rings is 1. The first-order chi connectivity index (χ1) is 11.5. The molecule has 2 aromatic rings. The number of carbonyl (C=O) groups is 1. The molecule has 128 valence electrons. The van der Waals surface area contributed by atoms with Crippen LogP contribution in [0.2, 0.25) is 5.02 Å². The fourth-order valence-electron chi connectivity index (χ4n) is 2.68. The largest absolute Gasteiger partial charge is 0.438 e. The van der Waals surface area contributed by atoms with Crippen molar-refractivity contribution >= 4 is 17.6 Å². The Hall–Kier alpha value is -2.05. The zero-order valence-electron chi connectivity index (χ0n) is 13.7. The van der Waals surface area contributed by atoms with E-state index in [-0.39, 0.29) is 18.6 Å². The van der Waals surface area contributed by atoms with Gasteiger partial charge in [-0.3, -0.25) is 0 Å². The average molecular weight is 350 g/mol. The molecular formula is C17H20ClN3O3. The lowest BCUT2D eigenvalue weighted by molar-refractivity contribution is 0.0188. The highest BCUT2D eigenvalue weighted by Gasteiger charge is 2.24. The first-order valence-corrected chi connectivity index (χ1v) is 8.27. The summed E-state index contributed by atoms with van der Waals surface area (Å²) < 4.78 is 11.1. The Labute approximate surface area is 145 Å². The molecule has 0 radical (unpaired) electrons. The summed E-state index contributed by atoms with van der Waals surface area (Å²) in [5, 5.41) is 3.52. The minimum Gasteiger partial charge on any atom is -0.438 e. The number of hydrogen-bond donors (Lipinski definition) is 1. The number of nitrogens with zero attached hydrogens (tertiary/aromatic N) is 2. The third kappa shape index (κ3) is 3.71. The lowest BCUT2D eigenvalue weighted by atomic mass is 10.1. The molecule has 7 heteroatoms. The van der Waals surface area contributed by atoms with Crippen LogP contribution in [-0.2, 0) is 11.3 Å². The number of morpholine rings is 1. The molecule has 6 nitrogen and oxygen atoms in total. The molecule has 3 rings (SSSR count). The molecule has 1 aromatic carbocycles. The smallest absolute Gasteiger partial charge is 0.318 e. The van der Waals surface area contributed by atoms with Crippen LogP contribution in [0.3, 0.4) is 0 Å². The summed E-state index contributed by atoms with van der Waals surface area (Å²) in [6, 6.07) is 7.31. The lowest BCUT2D eigenvalue weighted by Crippen LogP contribution is -2.51. The fraction of sp³-hybridized carbons (Fsp3) is 0.412. The van der Waals surface area contributed by atoms with Crippen molar-refractivity contribution in [2.75, 3.05) is 19.8 Å². The minimum absolute atomic E-state index is 0.0645. The van der Waals surface area contributed by atoms with Gasteiger partial charge in [-0.25, -0.2) is 9.78 Å².